The van der Waals surface area contributed by atoms with E-state index in [1.165, 1.54) is 0 Å². The van der Waals surface area contributed by atoms with E-state index in [9.17, 15) is 4.79 Å². The first-order valence-electron chi connectivity index (χ1n) is 5.93. The molecule has 0 heterocycles. The van der Waals surface area contributed by atoms with E-state index in [0.717, 1.165) is 12.2 Å². The molecule has 3 heteroatoms. The van der Waals surface area contributed by atoms with Crippen LogP contribution in [0.15, 0.2) is 12.3 Å². The Morgan fingerprint density at radius 2 is 1.69 bits per heavy atom. The third-order valence-corrected chi connectivity index (χ3v) is 2.28. The van der Waals surface area contributed by atoms with Crippen molar-refractivity contribution < 1.29 is 4.79 Å². The van der Waals surface area contributed by atoms with Gasteiger partial charge in [-0.15, -0.1) is 0 Å². The lowest BCUT2D eigenvalue weighted by atomic mass is 9.93. The van der Waals surface area contributed by atoms with Crippen molar-refractivity contribution in [1.29, 1.82) is 0 Å². The molecule has 2 N–H and O–H groups in total. The minimum Gasteiger partial charge on any atom is -0.387 e. The Morgan fingerprint density at radius 3 is 2.12 bits per heavy atom. The largest absolute Gasteiger partial charge is 0.387 e. The molecule has 0 spiro atoms. The fourth-order valence-electron chi connectivity index (χ4n) is 1.12. The molecule has 0 rings (SSSR count). The van der Waals surface area contributed by atoms with Crippen LogP contribution >= 0.6 is 0 Å². The zero-order chi connectivity index (χ0) is 12.8. The number of rotatable bonds is 6. The van der Waals surface area contributed by atoms with Crippen molar-refractivity contribution in [1.82, 2.24) is 10.6 Å². The Morgan fingerprint density at radius 1 is 1.19 bits per heavy atom. The van der Waals surface area contributed by atoms with E-state index in [4.69, 9.17) is 0 Å². The van der Waals surface area contributed by atoms with Crippen LogP contribution in [0.1, 0.15) is 41.0 Å². The van der Waals surface area contributed by atoms with Crippen molar-refractivity contribution in [2.45, 2.75) is 41.0 Å². The molecule has 0 radical (unpaired) electrons. The molecule has 0 aliphatic heterocycles. The van der Waals surface area contributed by atoms with Crippen LogP contribution in [0.25, 0.3) is 0 Å². The van der Waals surface area contributed by atoms with E-state index >= 15 is 0 Å². The molecule has 0 aliphatic rings. The molecule has 0 aromatic heterocycles. The molecule has 0 fully saturated rings. The standard InChI is InChI=1S/C13H26N2O/c1-10(2)9-12(16)15-8-7-14-11(3)13(4,5)6/h10,14H,3,7-9H2,1-2,4-6H3,(H,15,16). The van der Waals surface area contributed by atoms with Crippen molar-refractivity contribution in [3.63, 3.8) is 0 Å². The van der Waals surface area contributed by atoms with Crippen molar-refractivity contribution in [2.24, 2.45) is 11.3 Å². The Hall–Kier alpha value is -0.990. The number of carbonyl (C=O) groups is 1. The van der Waals surface area contributed by atoms with Gasteiger partial charge in [-0.1, -0.05) is 41.2 Å². The Bertz CT molecular complexity index is 239. The lowest BCUT2D eigenvalue weighted by molar-refractivity contribution is -0.121. The second-order valence-electron chi connectivity index (χ2n) is 5.60. The summed E-state index contributed by atoms with van der Waals surface area (Å²) in [6.45, 7) is 15.8. The van der Waals surface area contributed by atoms with Crippen molar-refractivity contribution in [3.8, 4) is 0 Å². The first-order chi connectivity index (χ1) is 7.23. The van der Waals surface area contributed by atoms with Gasteiger partial charge < -0.3 is 10.6 Å². The van der Waals surface area contributed by atoms with Gasteiger partial charge >= 0.3 is 0 Å². The predicted octanol–water partition coefficient (Wildman–Crippen LogP) is 2.30. The van der Waals surface area contributed by atoms with Crippen molar-refractivity contribution >= 4 is 5.91 Å². The number of allylic oxidation sites excluding steroid dienone is 1. The summed E-state index contributed by atoms with van der Waals surface area (Å²) in [4.78, 5) is 11.3. The van der Waals surface area contributed by atoms with Gasteiger partial charge in [-0.25, -0.2) is 0 Å². The van der Waals surface area contributed by atoms with Crippen LogP contribution in [0.2, 0.25) is 0 Å². The van der Waals surface area contributed by atoms with Gasteiger partial charge in [-0.3, -0.25) is 4.79 Å². The van der Waals surface area contributed by atoms with Crippen LogP contribution < -0.4 is 10.6 Å². The number of hydrogen-bond acceptors (Lipinski definition) is 2. The van der Waals surface area contributed by atoms with E-state index in [-0.39, 0.29) is 11.3 Å². The molecule has 0 saturated heterocycles. The molecule has 0 bridgehead atoms. The average molecular weight is 226 g/mol. The summed E-state index contributed by atoms with van der Waals surface area (Å²) >= 11 is 0. The lowest BCUT2D eigenvalue weighted by Gasteiger charge is -2.23. The van der Waals surface area contributed by atoms with Crippen LogP contribution in [0.3, 0.4) is 0 Å². The molecular formula is C13H26N2O. The second-order valence-corrected chi connectivity index (χ2v) is 5.60. The zero-order valence-electron chi connectivity index (χ0n) is 11.3. The van der Waals surface area contributed by atoms with E-state index < -0.39 is 0 Å². The fraction of sp³-hybridized carbons (Fsp3) is 0.769. The Balaban J connectivity index is 3.62. The summed E-state index contributed by atoms with van der Waals surface area (Å²) in [5, 5.41) is 6.10. The normalized spacial score (nSPS) is 11.4. The first kappa shape index (κ1) is 15.0. The smallest absolute Gasteiger partial charge is 0.220 e. The van der Waals surface area contributed by atoms with E-state index in [1.807, 2.05) is 13.8 Å². The highest BCUT2D eigenvalue weighted by Crippen LogP contribution is 2.20. The van der Waals surface area contributed by atoms with Gasteiger partial charge in [0.15, 0.2) is 0 Å². The van der Waals surface area contributed by atoms with Gasteiger partial charge in [0.05, 0.1) is 0 Å². The molecule has 1 amide bonds. The Kier molecular flexibility index (Phi) is 6.16. The highest BCUT2D eigenvalue weighted by atomic mass is 16.1. The van der Waals surface area contributed by atoms with Crippen LogP contribution in [-0.4, -0.2) is 19.0 Å². The number of carbonyl (C=O) groups excluding carboxylic acids is 1. The SMILES string of the molecule is C=C(NCCNC(=O)CC(C)C)C(C)(C)C. The number of nitrogens with one attached hydrogen (secondary N) is 2. The summed E-state index contributed by atoms with van der Waals surface area (Å²) in [5.74, 6) is 0.538. The van der Waals surface area contributed by atoms with Gasteiger partial charge in [0, 0.05) is 30.6 Å². The first-order valence-corrected chi connectivity index (χ1v) is 5.93. The molecule has 3 nitrogen and oxygen atoms in total. The van der Waals surface area contributed by atoms with Crippen LogP contribution in [0.4, 0.5) is 0 Å². The quantitative estimate of drug-likeness (QED) is 0.682. The van der Waals surface area contributed by atoms with Gasteiger partial charge in [0.1, 0.15) is 0 Å². The number of amides is 1. The maximum absolute atomic E-state index is 11.3. The van der Waals surface area contributed by atoms with E-state index in [1.54, 1.807) is 0 Å². The minimum atomic E-state index is 0.0714. The van der Waals surface area contributed by atoms with Crippen molar-refractivity contribution in [3.05, 3.63) is 12.3 Å². The summed E-state index contributed by atoms with van der Waals surface area (Å²) in [7, 11) is 0. The summed E-state index contributed by atoms with van der Waals surface area (Å²) in [6, 6.07) is 0. The summed E-state index contributed by atoms with van der Waals surface area (Å²) in [6.07, 6.45) is 0.597. The van der Waals surface area contributed by atoms with Crippen LogP contribution in [-0.2, 0) is 4.79 Å². The highest BCUT2D eigenvalue weighted by Gasteiger charge is 2.13. The minimum absolute atomic E-state index is 0.0714. The monoisotopic (exact) mass is 226 g/mol. The maximum atomic E-state index is 11.3. The lowest BCUT2D eigenvalue weighted by Crippen LogP contribution is -2.34. The Labute approximate surface area is 99.7 Å². The fourth-order valence-corrected chi connectivity index (χ4v) is 1.12. The maximum Gasteiger partial charge on any atom is 0.220 e. The second kappa shape index (κ2) is 6.56. The summed E-state index contributed by atoms with van der Waals surface area (Å²) in [5.41, 5.74) is 1.08. The topological polar surface area (TPSA) is 41.1 Å². The highest BCUT2D eigenvalue weighted by molar-refractivity contribution is 5.75. The summed E-state index contributed by atoms with van der Waals surface area (Å²) < 4.78 is 0. The van der Waals surface area contributed by atoms with Gasteiger partial charge in [0.2, 0.25) is 5.91 Å². The predicted molar refractivity (Wildman–Crippen MR) is 69.1 cm³/mol. The van der Waals surface area contributed by atoms with Gasteiger partial charge in [0.25, 0.3) is 0 Å². The van der Waals surface area contributed by atoms with Gasteiger partial charge in [-0.05, 0) is 5.92 Å². The van der Waals surface area contributed by atoms with Crippen LogP contribution in [0, 0.1) is 11.3 Å². The molecule has 0 atom stereocenters. The van der Waals surface area contributed by atoms with Gasteiger partial charge in [-0.2, -0.15) is 0 Å². The number of hydrogen-bond donors (Lipinski definition) is 2. The molecule has 0 aromatic rings. The van der Waals surface area contributed by atoms with E-state index in [0.29, 0.717) is 18.9 Å². The molecule has 94 valence electrons. The molecule has 0 aliphatic carbocycles. The molecule has 16 heavy (non-hydrogen) atoms. The average Bonchev–Trinajstić information content (AvgIpc) is 2.09. The van der Waals surface area contributed by atoms with Crippen molar-refractivity contribution in [2.75, 3.05) is 13.1 Å². The zero-order valence-corrected chi connectivity index (χ0v) is 11.3. The molecular weight excluding hydrogens is 200 g/mol. The van der Waals surface area contributed by atoms with Crippen LogP contribution in [0.5, 0.6) is 0 Å². The third kappa shape index (κ3) is 7.32. The van der Waals surface area contributed by atoms with E-state index in [2.05, 4.69) is 38.0 Å². The molecule has 0 aromatic carbocycles. The third-order valence-electron chi connectivity index (χ3n) is 2.28. The molecule has 0 unspecified atom stereocenters. The molecule has 0 saturated carbocycles.